The lowest BCUT2D eigenvalue weighted by atomic mass is 10.1. The molecule has 1 rings (SSSR count). The maximum Gasteiger partial charge on any atom is 0.0701 e. The van der Waals surface area contributed by atoms with E-state index in [1.807, 2.05) is 23.8 Å². The van der Waals surface area contributed by atoms with Crippen LogP contribution in [0.5, 0.6) is 0 Å². The quantitative estimate of drug-likeness (QED) is 0.583. The molecule has 2 heteroatoms. The number of nitriles is 1. The summed E-state index contributed by atoms with van der Waals surface area (Å²) in [5, 5.41) is 12.5. The minimum absolute atomic E-state index is 0.0521. The van der Waals surface area contributed by atoms with Gasteiger partial charge in [-0.3, -0.25) is 0 Å². The van der Waals surface area contributed by atoms with Gasteiger partial charge in [-0.1, -0.05) is 0 Å². The lowest BCUT2D eigenvalue weighted by Gasteiger charge is -1.93. The fraction of sp³-hybridized carbons (Fsp3) is 0.286. The number of thiophene rings is 1. The molecule has 0 radical (unpaired) electrons. The first-order chi connectivity index (χ1) is 4.34. The van der Waals surface area contributed by atoms with Crippen molar-refractivity contribution in [3.05, 3.63) is 22.4 Å². The van der Waals surface area contributed by atoms with Gasteiger partial charge in [0.1, 0.15) is 0 Å². The third-order valence-corrected chi connectivity index (χ3v) is 1.94. The molecule has 1 aromatic rings. The van der Waals surface area contributed by atoms with Gasteiger partial charge in [0.25, 0.3) is 0 Å². The summed E-state index contributed by atoms with van der Waals surface area (Å²) in [5.74, 6) is 0.0521. The van der Waals surface area contributed by atoms with Crippen molar-refractivity contribution >= 4 is 11.3 Å². The summed E-state index contributed by atoms with van der Waals surface area (Å²) in [5.41, 5.74) is 1.13. The zero-order chi connectivity index (χ0) is 6.69. The van der Waals surface area contributed by atoms with E-state index < -0.39 is 0 Å². The fourth-order valence-electron chi connectivity index (χ4n) is 0.596. The normalized spacial score (nSPS) is 12.4. The van der Waals surface area contributed by atoms with Crippen molar-refractivity contribution in [2.24, 2.45) is 0 Å². The smallest absolute Gasteiger partial charge is 0.0701 e. The first-order valence-electron chi connectivity index (χ1n) is 2.76. The maximum atomic E-state index is 8.46. The van der Waals surface area contributed by atoms with Crippen molar-refractivity contribution in [3.63, 3.8) is 0 Å². The first kappa shape index (κ1) is 6.31. The predicted octanol–water partition coefficient (Wildman–Crippen LogP) is 2.38. The Kier molecular flexibility index (Phi) is 1.86. The first-order valence-corrected chi connectivity index (χ1v) is 3.70. The lowest BCUT2D eigenvalue weighted by Crippen LogP contribution is -1.82. The molecule has 0 N–H and O–H groups in total. The van der Waals surface area contributed by atoms with Crippen LogP contribution in [0.15, 0.2) is 16.8 Å². The predicted molar refractivity (Wildman–Crippen MR) is 38.3 cm³/mol. The molecule has 0 saturated heterocycles. The molecule has 9 heavy (non-hydrogen) atoms. The molecule has 0 aliphatic rings. The van der Waals surface area contributed by atoms with Gasteiger partial charge in [-0.05, 0) is 29.3 Å². The van der Waals surface area contributed by atoms with Gasteiger partial charge in [-0.25, -0.2) is 0 Å². The topological polar surface area (TPSA) is 23.8 Å². The molecule has 0 unspecified atom stereocenters. The van der Waals surface area contributed by atoms with Crippen LogP contribution in [0, 0.1) is 11.3 Å². The van der Waals surface area contributed by atoms with E-state index in [-0.39, 0.29) is 5.92 Å². The summed E-state index contributed by atoms with van der Waals surface area (Å²) in [6.07, 6.45) is 0. The summed E-state index contributed by atoms with van der Waals surface area (Å²) >= 11 is 1.63. The summed E-state index contributed by atoms with van der Waals surface area (Å²) in [6, 6.07) is 4.16. The van der Waals surface area contributed by atoms with E-state index >= 15 is 0 Å². The van der Waals surface area contributed by atoms with E-state index in [0.29, 0.717) is 0 Å². The van der Waals surface area contributed by atoms with Gasteiger partial charge in [0.05, 0.1) is 12.0 Å². The van der Waals surface area contributed by atoms with Crippen molar-refractivity contribution in [3.8, 4) is 6.07 Å². The van der Waals surface area contributed by atoms with Crippen LogP contribution in [0.2, 0.25) is 0 Å². The second-order valence-electron chi connectivity index (χ2n) is 1.91. The summed E-state index contributed by atoms with van der Waals surface area (Å²) in [4.78, 5) is 0. The van der Waals surface area contributed by atoms with Crippen LogP contribution in [-0.2, 0) is 0 Å². The molecule has 0 fully saturated rings. The van der Waals surface area contributed by atoms with Gasteiger partial charge in [-0.15, -0.1) is 0 Å². The van der Waals surface area contributed by atoms with Crippen molar-refractivity contribution < 1.29 is 0 Å². The Bertz CT molecular complexity index is 207. The Hall–Kier alpha value is -0.810. The minimum atomic E-state index is 0.0521. The van der Waals surface area contributed by atoms with E-state index in [9.17, 15) is 0 Å². The second-order valence-corrected chi connectivity index (χ2v) is 2.69. The summed E-state index contributed by atoms with van der Waals surface area (Å²) in [6.45, 7) is 1.90. The molecule has 1 heterocycles. The second kappa shape index (κ2) is 2.65. The third-order valence-electron chi connectivity index (χ3n) is 1.24. The van der Waals surface area contributed by atoms with Gasteiger partial charge in [0.15, 0.2) is 0 Å². The van der Waals surface area contributed by atoms with Gasteiger partial charge in [-0.2, -0.15) is 16.6 Å². The number of nitrogens with zero attached hydrogens (tertiary/aromatic N) is 1. The van der Waals surface area contributed by atoms with Crippen molar-refractivity contribution in [1.29, 1.82) is 5.26 Å². The van der Waals surface area contributed by atoms with Gasteiger partial charge in [0, 0.05) is 0 Å². The standard InChI is InChI=1S/C7H7NS/c1-6(4-8)7-2-3-9-5-7/h2-3,5-6H,1H3/t6-/m1/s1. The van der Waals surface area contributed by atoms with Crippen LogP contribution in [0.3, 0.4) is 0 Å². The molecule has 0 aliphatic carbocycles. The molecule has 1 atom stereocenters. The highest BCUT2D eigenvalue weighted by molar-refractivity contribution is 7.07. The highest BCUT2D eigenvalue weighted by Crippen LogP contribution is 2.16. The zero-order valence-corrected chi connectivity index (χ0v) is 5.98. The third kappa shape index (κ3) is 1.30. The SMILES string of the molecule is C[C@H](C#N)c1ccsc1. The van der Waals surface area contributed by atoms with Crippen LogP contribution in [0.1, 0.15) is 18.4 Å². The largest absolute Gasteiger partial charge is 0.198 e. The maximum absolute atomic E-state index is 8.46. The van der Waals surface area contributed by atoms with Crippen molar-refractivity contribution in [2.45, 2.75) is 12.8 Å². The molecule has 46 valence electrons. The molecule has 0 amide bonds. The molecule has 0 bridgehead atoms. The van der Waals surface area contributed by atoms with Crippen molar-refractivity contribution in [1.82, 2.24) is 0 Å². The molecule has 0 aliphatic heterocycles. The Morgan fingerprint density at radius 2 is 2.56 bits per heavy atom. The van der Waals surface area contributed by atoms with E-state index in [1.165, 1.54) is 0 Å². The van der Waals surface area contributed by atoms with Crippen LogP contribution in [0.25, 0.3) is 0 Å². The monoisotopic (exact) mass is 137 g/mol. The van der Waals surface area contributed by atoms with E-state index in [2.05, 4.69) is 6.07 Å². The van der Waals surface area contributed by atoms with Gasteiger partial charge < -0.3 is 0 Å². The van der Waals surface area contributed by atoms with E-state index in [0.717, 1.165) is 5.56 Å². The van der Waals surface area contributed by atoms with Crippen LogP contribution >= 0.6 is 11.3 Å². The summed E-state index contributed by atoms with van der Waals surface area (Å²) < 4.78 is 0. The van der Waals surface area contributed by atoms with E-state index in [1.54, 1.807) is 11.3 Å². The number of rotatable bonds is 1. The van der Waals surface area contributed by atoms with Crippen molar-refractivity contribution in [2.75, 3.05) is 0 Å². The van der Waals surface area contributed by atoms with Crippen LogP contribution in [0.4, 0.5) is 0 Å². The molecule has 1 aromatic heterocycles. The highest BCUT2D eigenvalue weighted by Gasteiger charge is 2.01. The zero-order valence-electron chi connectivity index (χ0n) is 5.16. The average molecular weight is 137 g/mol. The molecule has 1 nitrogen and oxygen atoms in total. The molecular formula is C7H7NS. The Balaban J connectivity index is 2.80. The molecule has 0 spiro atoms. The molecular weight excluding hydrogens is 130 g/mol. The fourth-order valence-corrected chi connectivity index (χ4v) is 1.35. The van der Waals surface area contributed by atoms with Crippen LogP contribution < -0.4 is 0 Å². The Labute approximate surface area is 58.6 Å². The molecule has 0 aromatic carbocycles. The Morgan fingerprint density at radius 3 is 3.00 bits per heavy atom. The van der Waals surface area contributed by atoms with Gasteiger partial charge >= 0.3 is 0 Å². The number of hydrogen-bond donors (Lipinski definition) is 0. The Morgan fingerprint density at radius 1 is 1.78 bits per heavy atom. The minimum Gasteiger partial charge on any atom is -0.198 e. The van der Waals surface area contributed by atoms with E-state index in [4.69, 9.17) is 5.26 Å². The highest BCUT2D eigenvalue weighted by atomic mass is 32.1. The molecule has 0 saturated carbocycles. The summed E-state index contributed by atoms with van der Waals surface area (Å²) in [7, 11) is 0. The lowest BCUT2D eigenvalue weighted by molar-refractivity contribution is 0.990. The van der Waals surface area contributed by atoms with Crippen LogP contribution in [-0.4, -0.2) is 0 Å². The average Bonchev–Trinajstić information content (AvgIpc) is 2.37. The number of hydrogen-bond acceptors (Lipinski definition) is 2. The van der Waals surface area contributed by atoms with Gasteiger partial charge in [0.2, 0.25) is 0 Å².